The number of ether oxygens (including phenoxy) is 1. The zero-order valence-electron chi connectivity index (χ0n) is 22.3. The molecule has 40 heavy (non-hydrogen) atoms. The highest BCUT2D eigenvalue weighted by Crippen LogP contribution is 2.35. The molecular formula is C30H33N5O5. The molecule has 2 aromatic carbocycles. The van der Waals surface area contributed by atoms with Crippen molar-refractivity contribution in [1.82, 2.24) is 20.0 Å². The fraction of sp³-hybridized carbons (Fsp3) is 0.467. The van der Waals surface area contributed by atoms with Gasteiger partial charge in [0.05, 0.1) is 24.3 Å². The molecule has 7 rings (SSSR count). The van der Waals surface area contributed by atoms with Crippen LogP contribution in [-0.4, -0.2) is 88.8 Å². The lowest BCUT2D eigenvalue weighted by Gasteiger charge is -2.49. The first-order chi connectivity index (χ1) is 19.5. The van der Waals surface area contributed by atoms with E-state index in [1.807, 2.05) is 0 Å². The van der Waals surface area contributed by atoms with E-state index in [0.29, 0.717) is 30.4 Å². The highest BCUT2D eigenvalue weighted by atomic mass is 16.5. The zero-order chi connectivity index (χ0) is 27.4. The number of likely N-dealkylation sites (tertiary alicyclic amines) is 1. The molecule has 4 saturated heterocycles. The maximum atomic E-state index is 13.3. The number of amides is 4. The van der Waals surface area contributed by atoms with Gasteiger partial charge in [-0.1, -0.05) is 30.3 Å². The van der Waals surface area contributed by atoms with Crippen LogP contribution in [-0.2, 0) is 27.4 Å². The van der Waals surface area contributed by atoms with E-state index in [1.54, 1.807) is 18.2 Å². The van der Waals surface area contributed by atoms with Crippen LogP contribution in [0.15, 0.2) is 42.5 Å². The Balaban J connectivity index is 0.956. The molecule has 0 radical (unpaired) electrons. The van der Waals surface area contributed by atoms with Crippen LogP contribution in [0.3, 0.4) is 0 Å². The number of fused-ring (bicyclic) bond motifs is 3. The Morgan fingerprint density at radius 2 is 1.57 bits per heavy atom. The van der Waals surface area contributed by atoms with E-state index < -0.39 is 23.8 Å². The van der Waals surface area contributed by atoms with Gasteiger partial charge in [-0.3, -0.25) is 39.2 Å². The van der Waals surface area contributed by atoms with Gasteiger partial charge in [0.1, 0.15) is 6.04 Å². The number of hydrogen-bond acceptors (Lipinski definition) is 8. The fourth-order valence-electron chi connectivity index (χ4n) is 7.00. The molecule has 4 amide bonds. The Bertz CT molecular complexity index is 1360. The van der Waals surface area contributed by atoms with E-state index >= 15 is 0 Å². The molecule has 0 aliphatic carbocycles. The molecule has 3 atom stereocenters. The Morgan fingerprint density at radius 1 is 0.850 bits per heavy atom. The number of rotatable bonds is 7. The van der Waals surface area contributed by atoms with Crippen molar-refractivity contribution in [1.29, 1.82) is 0 Å². The first-order valence-electron chi connectivity index (χ1n) is 14.2. The highest BCUT2D eigenvalue weighted by Gasteiger charge is 2.46. The standard InChI is InChI=1S/C30H33N5O5/c36-26-11-10-25(28(37)32-26)35-29(38)23-2-1-3-24(27(23)30(35)39)31-12-18-4-6-19(7-5-18)13-33-14-22(15-33)34-20-8-9-21(34)17-40-16-20/h1-7,20-22,25,31H,8-17H2,(H,32,36,37). The van der Waals surface area contributed by atoms with Crippen LogP contribution in [0.2, 0.25) is 0 Å². The number of morpholine rings is 1. The van der Waals surface area contributed by atoms with E-state index in [9.17, 15) is 19.2 Å². The minimum absolute atomic E-state index is 0.0953. The van der Waals surface area contributed by atoms with Gasteiger partial charge in [0, 0.05) is 56.4 Å². The van der Waals surface area contributed by atoms with Crippen molar-refractivity contribution in [2.24, 2.45) is 0 Å². The maximum Gasteiger partial charge on any atom is 0.264 e. The van der Waals surface area contributed by atoms with Crippen molar-refractivity contribution in [2.45, 2.75) is 62.9 Å². The number of anilines is 1. The Morgan fingerprint density at radius 3 is 2.30 bits per heavy atom. The molecule has 0 spiro atoms. The van der Waals surface area contributed by atoms with Crippen LogP contribution in [0.25, 0.3) is 0 Å². The molecule has 2 N–H and O–H groups in total. The summed E-state index contributed by atoms with van der Waals surface area (Å²) in [5.41, 5.74) is 3.43. The largest absolute Gasteiger partial charge is 0.380 e. The second kappa shape index (κ2) is 10.1. The third-order valence-corrected chi connectivity index (χ3v) is 9.04. The summed E-state index contributed by atoms with van der Waals surface area (Å²) >= 11 is 0. The number of hydrogen-bond donors (Lipinski definition) is 2. The normalized spacial score (nSPS) is 27.1. The summed E-state index contributed by atoms with van der Waals surface area (Å²) in [5.74, 6) is -2.01. The number of benzene rings is 2. The van der Waals surface area contributed by atoms with Crippen LogP contribution < -0.4 is 10.6 Å². The summed E-state index contributed by atoms with van der Waals surface area (Å²) < 4.78 is 5.74. The molecule has 4 fully saturated rings. The SMILES string of the molecule is O=C1CCC(N2C(=O)c3cccc(NCc4ccc(CN5CC(N6C7CCC6COC7)C5)cc4)c3C2=O)C(=O)N1. The van der Waals surface area contributed by atoms with Gasteiger partial charge in [-0.2, -0.15) is 0 Å². The summed E-state index contributed by atoms with van der Waals surface area (Å²) in [6, 6.07) is 14.5. The van der Waals surface area contributed by atoms with Gasteiger partial charge in [0.2, 0.25) is 11.8 Å². The molecular weight excluding hydrogens is 510 g/mol. The maximum absolute atomic E-state index is 13.3. The predicted molar refractivity (Wildman–Crippen MR) is 145 cm³/mol. The second-order valence-electron chi connectivity index (χ2n) is 11.6. The van der Waals surface area contributed by atoms with Crippen LogP contribution in [0.4, 0.5) is 5.69 Å². The van der Waals surface area contributed by atoms with Crippen LogP contribution >= 0.6 is 0 Å². The van der Waals surface area contributed by atoms with E-state index in [4.69, 9.17) is 4.74 Å². The van der Waals surface area contributed by atoms with Gasteiger partial charge < -0.3 is 10.1 Å². The monoisotopic (exact) mass is 543 g/mol. The van der Waals surface area contributed by atoms with Crippen molar-refractivity contribution in [3.63, 3.8) is 0 Å². The number of imide groups is 2. The Hall–Kier alpha value is -3.60. The van der Waals surface area contributed by atoms with Crippen LogP contribution in [0.1, 0.15) is 57.5 Å². The summed E-state index contributed by atoms with van der Waals surface area (Å²) in [6.45, 7) is 5.41. The number of piperidine rings is 1. The molecule has 5 aliphatic heterocycles. The first-order valence-corrected chi connectivity index (χ1v) is 14.2. The van der Waals surface area contributed by atoms with Crippen molar-refractivity contribution in [3.05, 3.63) is 64.7 Å². The molecule has 208 valence electrons. The van der Waals surface area contributed by atoms with Crippen molar-refractivity contribution >= 4 is 29.3 Å². The van der Waals surface area contributed by atoms with Crippen LogP contribution in [0.5, 0.6) is 0 Å². The lowest BCUT2D eigenvalue weighted by atomic mass is 10.0. The second-order valence-corrected chi connectivity index (χ2v) is 11.6. The number of carbonyl (C=O) groups excluding carboxylic acids is 4. The predicted octanol–water partition coefficient (Wildman–Crippen LogP) is 1.75. The summed E-state index contributed by atoms with van der Waals surface area (Å²) in [7, 11) is 0. The van der Waals surface area contributed by atoms with Gasteiger partial charge in [0.15, 0.2) is 0 Å². The minimum atomic E-state index is -0.976. The fourth-order valence-corrected chi connectivity index (χ4v) is 7.00. The van der Waals surface area contributed by atoms with Gasteiger partial charge in [-0.15, -0.1) is 0 Å². The van der Waals surface area contributed by atoms with E-state index in [0.717, 1.165) is 43.3 Å². The molecule has 0 saturated carbocycles. The molecule has 2 aromatic rings. The number of nitrogens with zero attached hydrogens (tertiary/aromatic N) is 3. The lowest BCUT2D eigenvalue weighted by Crippen LogP contribution is -2.64. The molecule has 5 aliphatic rings. The van der Waals surface area contributed by atoms with Gasteiger partial charge in [-0.25, -0.2) is 0 Å². The highest BCUT2D eigenvalue weighted by molar-refractivity contribution is 6.25. The Kier molecular flexibility index (Phi) is 6.41. The lowest BCUT2D eigenvalue weighted by molar-refractivity contribution is -0.136. The zero-order valence-corrected chi connectivity index (χ0v) is 22.3. The number of nitrogens with one attached hydrogen (secondary N) is 2. The Labute approximate surface area is 232 Å². The third kappa shape index (κ3) is 4.40. The summed E-state index contributed by atoms with van der Waals surface area (Å²) in [6.07, 6.45) is 2.77. The smallest absolute Gasteiger partial charge is 0.264 e. The molecule has 2 bridgehead atoms. The molecule has 0 aromatic heterocycles. The quantitative estimate of drug-likeness (QED) is 0.509. The summed E-state index contributed by atoms with van der Waals surface area (Å²) in [4.78, 5) is 56.5. The molecule has 3 unspecified atom stereocenters. The van der Waals surface area contributed by atoms with Gasteiger partial charge in [-0.05, 0) is 42.5 Å². The number of carbonyl (C=O) groups is 4. The molecule has 10 heteroatoms. The van der Waals surface area contributed by atoms with Gasteiger partial charge in [0.25, 0.3) is 11.8 Å². The average molecular weight is 544 g/mol. The van der Waals surface area contributed by atoms with Crippen LogP contribution in [0, 0.1) is 0 Å². The van der Waals surface area contributed by atoms with Crippen molar-refractivity contribution < 1.29 is 23.9 Å². The van der Waals surface area contributed by atoms with E-state index in [2.05, 4.69) is 44.7 Å². The minimum Gasteiger partial charge on any atom is -0.380 e. The van der Waals surface area contributed by atoms with Gasteiger partial charge >= 0.3 is 0 Å². The summed E-state index contributed by atoms with van der Waals surface area (Å²) in [5, 5.41) is 5.55. The first kappa shape index (κ1) is 25.4. The van der Waals surface area contributed by atoms with E-state index in [-0.39, 0.29) is 29.9 Å². The molecule has 5 heterocycles. The topological polar surface area (TPSA) is 111 Å². The molecule has 10 nitrogen and oxygen atoms in total. The van der Waals surface area contributed by atoms with Crippen molar-refractivity contribution in [3.8, 4) is 0 Å². The van der Waals surface area contributed by atoms with Crippen molar-refractivity contribution in [2.75, 3.05) is 31.6 Å². The average Bonchev–Trinajstić information content (AvgIpc) is 3.32. The van der Waals surface area contributed by atoms with E-state index in [1.165, 1.54) is 18.4 Å². The third-order valence-electron chi connectivity index (χ3n) is 9.04.